The monoisotopic (exact) mass is 616 g/mol. The van der Waals surface area contributed by atoms with Crippen molar-refractivity contribution in [2.75, 3.05) is 14.2 Å². The molecular weight excluding hydrogens is 580 g/mol. The van der Waals surface area contributed by atoms with Crippen LogP contribution in [-0.4, -0.2) is 36.1 Å². The summed E-state index contributed by atoms with van der Waals surface area (Å²) in [6.45, 7) is 7.40. The molecule has 2 N–H and O–H groups in total. The molecule has 2 heterocycles. The van der Waals surface area contributed by atoms with Crippen LogP contribution in [0.5, 0.6) is 17.2 Å². The van der Waals surface area contributed by atoms with Gasteiger partial charge in [0.25, 0.3) is 0 Å². The molecule has 8 heteroatoms. The predicted octanol–water partition coefficient (Wildman–Crippen LogP) is 8.94. The van der Waals surface area contributed by atoms with Gasteiger partial charge in [-0.05, 0) is 81.3 Å². The fourth-order valence-corrected chi connectivity index (χ4v) is 5.78. The molecule has 2 aromatic heterocycles. The number of rotatable bonds is 9. The molecular formula is C38H36N2O6. The smallest absolute Gasteiger partial charge is 0.497 e. The number of para-hydroxylation sites is 2. The Kier molecular flexibility index (Phi) is 7.82. The highest BCUT2D eigenvalue weighted by Gasteiger charge is 2.36. The van der Waals surface area contributed by atoms with Crippen LogP contribution in [0.25, 0.3) is 33.2 Å². The number of methoxy groups -OCH3 is 2. The Morgan fingerprint density at radius 3 is 1.70 bits per heavy atom. The molecule has 0 aliphatic rings. The van der Waals surface area contributed by atoms with Crippen LogP contribution in [0, 0.1) is 0 Å². The van der Waals surface area contributed by atoms with Crippen LogP contribution in [0.2, 0.25) is 0 Å². The summed E-state index contributed by atoms with van der Waals surface area (Å²) in [6.07, 6.45) is -0.880. The van der Waals surface area contributed by atoms with Crippen LogP contribution in [0.3, 0.4) is 0 Å². The minimum atomic E-state index is -1.000. The number of H-pyrrole nitrogens is 2. The van der Waals surface area contributed by atoms with Gasteiger partial charge in [-0.2, -0.15) is 0 Å². The molecule has 0 spiro atoms. The maximum Gasteiger partial charge on any atom is 0.514 e. The van der Waals surface area contributed by atoms with Crippen LogP contribution in [-0.2, 0) is 15.8 Å². The van der Waals surface area contributed by atoms with Crippen molar-refractivity contribution >= 4 is 33.7 Å². The Balaban J connectivity index is 1.43. The van der Waals surface area contributed by atoms with E-state index in [1.54, 1.807) is 28.1 Å². The van der Waals surface area contributed by atoms with Crippen molar-refractivity contribution in [2.45, 2.75) is 38.7 Å². The summed E-state index contributed by atoms with van der Waals surface area (Å²) in [4.78, 5) is 34.9. The molecule has 0 saturated carbocycles. The van der Waals surface area contributed by atoms with Crippen molar-refractivity contribution in [3.63, 3.8) is 0 Å². The number of Topliss-reactive ketones (excluding diaryl/α,β-unsaturated/α-hetero) is 1. The molecule has 0 radical (unpaired) electrons. The fourth-order valence-electron chi connectivity index (χ4n) is 5.78. The number of benzene rings is 4. The Labute approximate surface area is 267 Å². The summed E-state index contributed by atoms with van der Waals surface area (Å²) in [5.74, 6) is 1.57. The molecule has 0 atom stereocenters. The zero-order valence-electron chi connectivity index (χ0n) is 26.7. The third-order valence-corrected chi connectivity index (χ3v) is 8.53. The van der Waals surface area contributed by atoms with Gasteiger partial charge in [-0.15, -0.1) is 0 Å². The second kappa shape index (κ2) is 11.8. The summed E-state index contributed by atoms with van der Waals surface area (Å²) in [5.41, 5.74) is 2.69. The molecule has 4 aromatic carbocycles. The fraction of sp³-hybridized carbons (Fsp3) is 0.211. The SMILES string of the molecule is COc1ccc(C(C)(C)OC(=O)Oc2c(-c3[nH]c4ccccc4c3C(=O)C(C)(C)c3ccc(OC)cc3)[nH]c3ccccc23)cc1. The van der Waals surface area contributed by atoms with E-state index in [1.165, 1.54) is 0 Å². The zero-order chi connectivity index (χ0) is 32.6. The van der Waals surface area contributed by atoms with Gasteiger partial charge < -0.3 is 28.9 Å². The second-order valence-electron chi connectivity index (χ2n) is 12.2. The number of ether oxygens (including phenoxy) is 4. The maximum atomic E-state index is 14.6. The summed E-state index contributed by atoms with van der Waals surface area (Å²) in [5, 5.41) is 1.43. The molecule has 6 aromatic rings. The van der Waals surface area contributed by atoms with Crippen LogP contribution in [0.1, 0.15) is 49.2 Å². The summed E-state index contributed by atoms with van der Waals surface area (Å²) < 4.78 is 22.5. The van der Waals surface area contributed by atoms with E-state index in [1.807, 2.05) is 111 Å². The molecule has 0 saturated heterocycles. The number of aromatic nitrogens is 2. The Morgan fingerprint density at radius 1 is 0.609 bits per heavy atom. The van der Waals surface area contributed by atoms with Gasteiger partial charge in [0.15, 0.2) is 11.5 Å². The number of hydrogen-bond acceptors (Lipinski definition) is 6. The van der Waals surface area contributed by atoms with Crippen LogP contribution in [0.4, 0.5) is 4.79 Å². The number of ketones is 1. The normalized spacial score (nSPS) is 11.9. The van der Waals surface area contributed by atoms with Crippen LogP contribution in [0.15, 0.2) is 97.1 Å². The highest BCUT2D eigenvalue weighted by atomic mass is 16.7. The minimum absolute atomic E-state index is 0.0991. The average Bonchev–Trinajstić information content (AvgIpc) is 3.62. The molecule has 0 aliphatic carbocycles. The molecule has 46 heavy (non-hydrogen) atoms. The van der Waals surface area contributed by atoms with Crippen LogP contribution >= 0.6 is 0 Å². The first kappa shape index (κ1) is 30.5. The van der Waals surface area contributed by atoms with E-state index < -0.39 is 17.2 Å². The van der Waals surface area contributed by atoms with Gasteiger partial charge in [0.05, 0.1) is 30.9 Å². The first-order chi connectivity index (χ1) is 22.0. The first-order valence-corrected chi connectivity index (χ1v) is 15.0. The van der Waals surface area contributed by atoms with E-state index in [0.29, 0.717) is 33.8 Å². The van der Waals surface area contributed by atoms with Gasteiger partial charge >= 0.3 is 6.16 Å². The predicted molar refractivity (Wildman–Crippen MR) is 179 cm³/mol. The minimum Gasteiger partial charge on any atom is -0.497 e. The Bertz CT molecular complexity index is 2050. The number of nitrogens with one attached hydrogen (secondary N) is 2. The lowest BCUT2D eigenvalue weighted by atomic mass is 9.77. The number of hydrogen-bond donors (Lipinski definition) is 2. The van der Waals surface area contributed by atoms with Crippen molar-refractivity contribution in [3.8, 4) is 28.6 Å². The molecule has 234 valence electrons. The van der Waals surface area contributed by atoms with E-state index in [2.05, 4.69) is 9.97 Å². The molecule has 0 aliphatic heterocycles. The number of fused-ring (bicyclic) bond motifs is 2. The number of aromatic amines is 2. The van der Waals surface area contributed by atoms with E-state index in [-0.39, 0.29) is 11.5 Å². The largest absolute Gasteiger partial charge is 0.514 e. The lowest BCUT2D eigenvalue weighted by molar-refractivity contribution is 0.00671. The van der Waals surface area contributed by atoms with E-state index in [0.717, 1.165) is 27.5 Å². The molecule has 0 unspecified atom stereocenters. The zero-order valence-corrected chi connectivity index (χ0v) is 26.7. The topological polar surface area (TPSA) is 103 Å². The number of carbonyl (C=O) groups excluding carboxylic acids is 2. The van der Waals surface area contributed by atoms with Gasteiger partial charge in [0.2, 0.25) is 0 Å². The van der Waals surface area contributed by atoms with Gasteiger partial charge in [-0.25, -0.2) is 4.79 Å². The summed E-state index contributed by atoms with van der Waals surface area (Å²) in [6, 6.07) is 30.0. The van der Waals surface area contributed by atoms with Gasteiger partial charge in [-0.1, -0.05) is 54.6 Å². The Morgan fingerprint density at radius 2 is 1.11 bits per heavy atom. The van der Waals surface area contributed by atoms with Crippen LogP contribution < -0.4 is 14.2 Å². The molecule has 0 amide bonds. The molecule has 8 nitrogen and oxygen atoms in total. The van der Waals surface area contributed by atoms with Crippen molar-refractivity contribution in [2.24, 2.45) is 0 Å². The van der Waals surface area contributed by atoms with Gasteiger partial charge in [-0.3, -0.25) is 4.79 Å². The molecule has 0 fully saturated rings. The van der Waals surface area contributed by atoms with Gasteiger partial charge in [0, 0.05) is 21.8 Å². The van der Waals surface area contributed by atoms with E-state index >= 15 is 0 Å². The maximum absolute atomic E-state index is 14.6. The van der Waals surface area contributed by atoms with Crippen molar-refractivity contribution in [1.82, 2.24) is 9.97 Å². The second-order valence-corrected chi connectivity index (χ2v) is 12.2. The third kappa shape index (κ3) is 5.47. The van der Waals surface area contributed by atoms with E-state index in [9.17, 15) is 9.59 Å². The molecule has 0 bridgehead atoms. The van der Waals surface area contributed by atoms with E-state index in [4.69, 9.17) is 18.9 Å². The van der Waals surface area contributed by atoms with Crippen molar-refractivity contribution in [1.29, 1.82) is 0 Å². The highest BCUT2D eigenvalue weighted by Crippen LogP contribution is 2.43. The molecule has 6 rings (SSSR count). The quantitative estimate of drug-likeness (QED) is 0.124. The lowest BCUT2D eigenvalue weighted by Gasteiger charge is -2.25. The average molecular weight is 617 g/mol. The standard InChI is InChI=1S/C38H36N2O6/c1-37(2,23-15-19-25(43-5)20-16-23)35(41)31-27-11-7-9-13-29(27)39-32(31)33-34(28-12-8-10-14-30(28)40-33)45-36(42)46-38(3,4)24-17-21-26(44-6)22-18-24/h7-22,39-40H,1-6H3. The Hall–Kier alpha value is -5.50. The van der Waals surface area contributed by atoms with Gasteiger partial charge in [0.1, 0.15) is 22.8 Å². The summed E-state index contributed by atoms with van der Waals surface area (Å²) >= 11 is 0. The number of carbonyl (C=O) groups is 2. The highest BCUT2D eigenvalue weighted by molar-refractivity contribution is 6.18. The van der Waals surface area contributed by atoms with Crippen molar-refractivity contribution < 1.29 is 28.5 Å². The third-order valence-electron chi connectivity index (χ3n) is 8.53. The lowest BCUT2D eigenvalue weighted by Crippen LogP contribution is -2.29. The first-order valence-electron chi connectivity index (χ1n) is 15.0. The van der Waals surface area contributed by atoms with Crippen molar-refractivity contribution in [3.05, 3.63) is 114 Å². The summed E-state index contributed by atoms with van der Waals surface area (Å²) in [7, 11) is 3.21.